The molecule has 1 heterocycles. The Balaban J connectivity index is 1.96. The molecule has 6 nitrogen and oxygen atoms in total. The zero-order chi connectivity index (χ0) is 18.1. The lowest BCUT2D eigenvalue weighted by molar-refractivity contribution is -0.122. The maximum absolute atomic E-state index is 11.9. The number of thiazole rings is 1. The van der Waals surface area contributed by atoms with Crippen LogP contribution in [0.4, 0.5) is 5.13 Å². The number of nitrogens with two attached hydrogens (primary N) is 1. The largest absolute Gasteiger partial charge is 0.349 e. The van der Waals surface area contributed by atoms with E-state index in [-0.39, 0.29) is 17.9 Å². The van der Waals surface area contributed by atoms with E-state index in [1.165, 1.54) is 23.0 Å². The molecular weight excluding hydrogens is 336 g/mol. The Morgan fingerprint density at radius 2 is 2.08 bits per heavy atom. The number of hydrogen-bond acceptors (Lipinski definition) is 5. The van der Waals surface area contributed by atoms with Crippen LogP contribution in [0.2, 0.25) is 0 Å². The summed E-state index contributed by atoms with van der Waals surface area (Å²) in [5.74, 6) is -0.530. The first kappa shape index (κ1) is 18.8. The zero-order valence-corrected chi connectivity index (χ0v) is 14.8. The fourth-order valence-corrected chi connectivity index (χ4v) is 2.67. The molecule has 1 aromatic carbocycles. The summed E-state index contributed by atoms with van der Waals surface area (Å²) in [7, 11) is 0. The molecule has 132 valence electrons. The van der Waals surface area contributed by atoms with Gasteiger partial charge in [0.05, 0.1) is 6.04 Å². The van der Waals surface area contributed by atoms with Gasteiger partial charge in [-0.1, -0.05) is 36.4 Å². The Morgan fingerprint density at radius 3 is 2.72 bits per heavy atom. The molecule has 0 aliphatic rings. The highest BCUT2D eigenvalue weighted by Gasteiger charge is 2.13. The van der Waals surface area contributed by atoms with Gasteiger partial charge >= 0.3 is 0 Å². The predicted molar refractivity (Wildman–Crippen MR) is 100 cm³/mol. The molecule has 0 radical (unpaired) electrons. The van der Waals surface area contributed by atoms with E-state index in [0.717, 1.165) is 6.42 Å². The summed E-state index contributed by atoms with van der Waals surface area (Å²) in [5, 5.41) is 7.85. The van der Waals surface area contributed by atoms with Gasteiger partial charge in [0.25, 0.3) is 0 Å². The standard InChI is InChI=1S/C18H22N4O2S/c1-13(19)17(24)21-15(8-7-14-5-3-2-4-6-14)9-10-16(23)22-18-20-11-12-25-18/h2-6,9-13,15H,7-8,19H2,1H3,(H,21,24)(H,20,22,23)/t13-,15-/m0/s1. The lowest BCUT2D eigenvalue weighted by atomic mass is 10.0. The van der Waals surface area contributed by atoms with Crippen LogP contribution in [0.25, 0.3) is 0 Å². The van der Waals surface area contributed by atoms with Crippen molar-refractivity contribution < 1.29 is 9.59 Å². The van der Waals surface area contributed by atoms with E-state index in [2.05, 4.69) is 15.6 Å². The quantitative estimate of drug-likeness (QED) is 0.630. The summed E-state index contributed by atoms with van der Waals surface area (Å²) >= 11 is 1.34. The van der Waals surface area contributed by atoms with Gasteiger partial charge < -0.3 is 11.1 Å². The second-order valence-corrected chi connectivity index (χ2v) is 6.51. The Kier molecular flexibility index (Phi) is 7.31. The first-order valence-electron chi connectivity index (χ1n) is 8.03. The second kappa shape index (κ2) is 9.71. The molecule has 0 saturated carbocycles. The van der Waals surface area contributed by atoms with Crippen LogP contribution in [0.3, 0.4) is 0 Å². The number of nitrogens with one attached hydrogen (secondary N) is 2. The van der Waals surface area contributed by atoms with Gasteiger partial charge in [-0.05, 0) is 25.3 Å². The minimum Gasteiger partial charge on any atom is -0.349 e. The fourth-order valence-electron chi connectivity index (χ4n) is 2.13. The smallest absolute Gasteiger partial charge is 0.249 e. The van der Waals surface area contributed by atoms with E-state index in [1.54, 1.807) is 24.6 Å². The van der Waals surface area contributed by atoms with Gasteiger partial charge in [0, 0.05) is 23.7 Å². The van der Waals surface area contributed by atoms with E-state index in [1.807, 2.05) is 30.3 Å². The Morgan fingerprint density at radius 1 is 1.32 bits per heavy atom. The summed E-state index contributed by atoms with van der Waals surface area (Å²) in [6.45, 7) is 1.63. The molecule has 1 aromatic heterocycles. The van der Waals surface area contributed by atoms with Gasteiger partial charge in [-0.3, -0.25) is 14.9 Å². The van der Waals surface area contributed by atoms with Crippen LogP contribution in [0, 0.1) is 0 Å². The molecule has 0 aliphatic heterocycles. The van der Waals surface area contributed by atoms with Gasteiger partial charge in [0.1, 0.15) is 0 Å². The van der Waals surface area contributed by atoms with Crippen molar-refractivity contribution in [3.05, 3.63) is 59.6 Å². The van der Waals surface area contributed by atoms with Crippen molar-refractivity contribution in [2.45, 2.75) is 31.8 Å². The van der Waals surface area contributed by atoms with Gasteiger partial charge in [0.2, 0.25) is 11.8 Å². The molecule has 4 N–H and O–H groups in total. The topological polar surface area (TPSA) is 97.1 Å². The van der Waals surface area contributed by atoms with Gasteiger partial charge in [-0.25, -0.2) is 4.98 Å². The van der Waals surface area contributed by atoms with E-state index in [0.29, 0.717) is 11.6 Å². The number of carbonyl (C=O) groups excluding carboxylic acids is 2. The van der Waals surface area contributed by atoms with Crippen LogP contribution in [-0.2, 0) is 16.0 Å². The Bertz CT molecular complexity index is 699. The van der Waals surface area contributed by atoms with Crippen molar-refractivity contribution in [1.82, 2.24) is 10.3 Å². The van der Waals surface area contributed by atoms with E-state index in [4.69, 9.17) is 5.73 Å². The number of hydrogen-bond donors (Lipinski definition) is 3. The summed E-state index contributed by atoms with van der Waals surface area (Å²) < 4.78 is 0. The van der Waals surface area contributed by atoms with Crippen molar-refractivity contribution in [1.29, 1.82) is 0 Å². The lowest BCUT2D eigenvalue weighted by Crippen LogP contribution is -2.43. The summed E-state index contributed by atoms with van der Waals surface area (Å²) in [6, 6.07) is 9.09. The van der Waals surface area contributed by atoms with Crippen LogP contribution < -0.4 is 16.4 Å². The van der Waals surface area contributed by atoms with E-state index >= 15 is 0 Å². The predicted octanol–water partition coefficient (Wildman–Crippen LogP) is 2.10. The maximum atomic E-state index is 11.9. The van der Waals surface area contributed by atoms with Crippen LogP contribution in [0.5, 0.6) is 0 Å². The zero-order valence-electron chi connectivity index (χ0n) is 14.0. The lowest BCUT2D eigenvalue weighted by Gasteiger charge is -2.16. The van der Waals surface area contributed by atoms with Gasteiger partial charge in [-0.15, -0.1) is 11.3 Å². The van der Waals surface area contributed by atoms with E-state index in [9.17, 15) is 9.59 Å². The maximum Gasteiger partial charge on any atom is 0.249 e. The average molecular weight is 358 g/mol. The number of amides is 2. The third-order valence-electron chi connectivity index (χ3n) is 3.47. The molecule has 25 heavy (non-hydrogen) atoms. The normalized spacial score (nSPS) is 13.4. The SMILES string of the molecule is C[C@H](N)C(=O)N[C@H](C=CC(=O)Nc1nccs1)CCc1ccccc1. The van der Waals surface area contributed by atoms with Crippen LogP contribution in [-0.4, -0.2) is 28.9 Å². The average Bonchev–Trinajstić information content (AvgIpc) is 3.10. The third-order valence-corrected chi connectivity index (χ3v) is 4.16. The van der Waals surface area contributed by atoms with Crippen LogP contribution in [0.15, 0.2) is 54.1 Å². The van der Waals surface area contributed by atoms with Gasteiger partial charge in [-0.2, -0.15) is 0 Å². The molecule has 2 atom stereocenters. The Labute approximate surface area is 151 Å². The minimum absolute atomic E-state index is 0.247. The fraction of sp³-hybridized carbons (Fsp3) is 0.278. The molecule has 0 unspecified atom stereocenters. The molecule has 2 amide bonds. The highest BCUT2D eigenvalue weighted by molar-refractivity contribution is 7.13. The molecule has 2 aromatic rings. The molecule has 0 aliphatic carbocycles. The molecule has 2 rings (SSSR count). The van der Waals surface area contributed by atoms with Crippen LogP contribution >= 0.6 is 11.3 Å². The number of rotatable bonds is 8. The molecule has 7 heteroatoms. The number of benzene rings is 1. The van der Waals surface area contributed by atoms with Crippen molar-refractivity contribution in [2.75, 3.05) is 5.32 Å². The Hall–Kier alpha value is -2.51. The minimum atomic E-state index is -0.600. The number of aromatic nitrogens is 1. The number of anilines is 1. The van der Waals surface area contributed by atoms with E-state index < -0.39 is 6.04 Å². The van der Waals surface area contributed by atoms with Crippen LogP contribution in [0.1, 0.15) is 18.9 Å². The highest BCUT2D eigenvalue weighted by atomic mass is 32.1. The number of carbonyl (C=O) groups is 2. The summed E-state index contributed by atoms with van der Waals surface area (Å²) in [5.41, 5.74) is 6.79. The number of nitrogens with zero attached hydrogens (tertiary/aromatic N) is 1. The summed E-state index contributed by atoms with van der Waals surface area (Å²) in [6.07, 6.45) is 6.17. The van der Waals surface area contributed by atoms with Gasteiger partial charge in [0.15, 0.2) is 5.13 Å². The molecule has 0 spiro atoms. The first-order chi connectivity index (χ1) is 12.0. The molecular formula is C18H22N4O2S. The molecule has 0 bridgehead atoms. The van der Waals surface area contributed by atoms with Crippen molar-refractivity contribution >= 4 is 28.3 Å². The molecule has 0 fully saturated rings. The van der Waals surface area contributed by atoms with Crippen molar-refractivity contribution in [2.24, 2.45) is 5.73 Å². The molecule has 0 saturated heterocycles. The second-order valence-electron chi connectivity index (χ2n) is 5.61. The highest BCUT2D eigenvalue weighted by Crippen LogP contribution is 2.10. The van der Waals surface area contributed by atoms with Crippen molar-refractivity contribution in [3.63, 3.8) is 0 Å². The number of aryl methyl sites for hydroxylation is 1. The third kappa shape index (κ3) is 6.86. The van der Waals surface area contributed by atoms with Crippen molar-refractivity contribution in [3.8, 4) is 0 Å². The first-order valence-corrected chi connectivity index (χ1v) is 8.91. The monoisotopic (exact) mass is 358 g/mol. The summed E-state index contributed by atoms with van der Waals surface area (Å²) in [4.78, 5) is 27.8.